The van der Waals surface area contributed by atoms with E-state index in [2.05, 4.69) is 4.90 Å². The van der Waals surface area contributed by atoms with Crippen molar-refractivity contribution in [3.05, 3.63) is 0 Å². The molecule has 1 saturated carbocycles. The second-order valence-electron chi connectivity index (χ2n) is 5.76. The molecule has 0 amide bonds. The molecular weight excluding hydrogens is 244 g/mol. The Morgan fingerprint density at radius 1 is 1.47 bits per heavy atom. The summed E-state index contributed by atoms with van der Waals surface area (Å²) in [5.41, 5.74) is 5.39. The molecule has 110 valence electrons. The van der Waals surface area contributed by atoms with Crippen LogP contribution < -0.4 is 5.73 Å². The molecule has 0 aromatic carbocycles. The first-order valence-corrected chi connectivity index (χ1v) is 7.32. The molecule has 1 saturated heterocycles. The molecule has 19 heavy (non-hydrogen) atoms. The molecule has 0 radical (unpaired) electrons. The molecule has 1 heterocycles. The van der Waals surface area contributed by atoms with Crippen LogP contribution in [0.25, 0.3) is 0 Å². The van der Waals surface area contributed by atoms with Crippen LogP contribution in [0.3, 0.4) is 0 Å². The molecule has 0 bridgehead atoms. The van der Waals surface area contributed by atoms with E-state index in [0.717, 1.165) is 45.4 Å². The van der Waals surface area contributed by atoms with Crippen molar-refractivity contribution in [3.8, 4) is 0 Å². The lowest BCUT2D eigenvalue weighted by atomic mass is 9.98. The van der Waals surface area contributed by atoms with E-state index < -0.39 is 5.54 Å². The number of hydrogen-bond acceptors (Lipinski definition) is 5. The summed E-state index contributed by atoms with van der Waals surface area (Å²) in [4.78, 5) is 14.2. The lowest BCUT2D eigenvalue weighted by molar-refractivity contribution is -0.147. The number of rotatable bonds is 4. The number of esters is 1. The van der Waals surface area contributed by atoms with Gasteiger partial charge in [0.1, 0.15) is 5.54 Å². The van der Waals surface area contributed by atoms with Crippen LogP contribution in [0, 0.1) is 0 Å². The van der Waals surface area contributed by atoms with Crippen LogP contribution in [-0.4, -0.2) is 55.4 Å². The van der Waals surface area contributed by atoms with Gasteiger partial charge in [0.15, 0.2) is 0 Å². The van der Waals surface area contributed by atoms with Gasteiger partial charge in [-0.2, -0.15) is 0 Å². The Balaban J connectivity index is 1.91. The highest BCUT2D eigenvalue weighted by molar-refractivity contribution is 5.81. The summed E-state index contributed by atoms with van der Waals surface area (Å²) in [6.45, 7) is 4.87. The largest absolute Gasteiger partial charge is 0.468 e. The molecule has 0 spiro atoms. The van der Waals surface area contributed by atoms with Gasteiger partial charge in [-0.25, -0.2) is 0 Å². The number of nitrogens with zero attached hydrogens (tertiary/aromatic N) is 1. The van der Waals surface area contributed by atoms with Crippen LogP contribution in [0.2, 0.25) is 0 Å². The molecule has 0 aromatic rings. The fourth-order valence-electron chi connectivity index (χ4n) is 3.42. The minimum atomic E-state index is -0.780. The van der Waals surface area contributed by atoms with Gasteiger partial charge >= 0.3 is 5.97 Å². The Hall–Kier alpha value is -0.650. The highest BCUT2D eigenvalue weighted by Gasteiger charge is 2.45. The van der Waals surface area contributed by atoms with E-state index in [1.165, 1.54) is 7.11 Å². The second kappa shape index (κ2) is 6.20. The smallest absolute Gasteiger partial charge is 0.325 e. The van der Waals surface area contributed by atoms with Crippen LogP contribution in [0.5, 0.6) is 0 Å². The number of carbonyl (C=O) groups excluding carboxylic acids is 1. The molecule has 1 aliphatic carbocycles. The number of methoxy groups -OCH3 is 1. The predicted molar refractivity (Wildman–Crippen MR) is 72.8 cm³/mol. The lowest BCUT2D eigenvalue weighted by Gasteiger charge is -2.37. The molecule has 2 N–H and O–H groups in total. The average Bonchev–Trinajstić information content (AvgIpc) is 2.82. The van der Waals surface area contributed by atoms with Crippen LogP contribution in [0.15, 0.2) is 0 Å². The number of piperidine rings is 1. The molecule has 2 aliphatic rings. The second-order valence-corrected chi connectivity index (χ2v) is 5.76. The summed E-state index contributed by atoms with van der Waals surface area (Å²) in [5.74, 6) is -0.270. The van der Waals surface area contributed by atoms with E-state index in [1.54, 1.807) is 0 Å². The zero-order valence-electron chi connectivity index (χ0n) is 12.1. The molecule has 5 heteroatoms. The zero-order chi connectivity index (χ0) is 13.9. The quantitative estimate of drug-likeness (QED) is 0.769. The third kappa shape index (κ3) is 3.27. The number of likely N-dealkylation sites (tertiary alicyclic amines) is 1. The average molecular weight is 270 g/mol. The van der Waals surface area contributed by atoms with Crippen molar-refractivity contribution in [1.82, 2.24) is 4.90 Å². The normalized spacial score (nSPS) is 36.4. The van der Waals surface area contributed by atoms with Gasteiger partial charge in [0.2, 0.25) is 0 Å². The SMILES string of the molecule is CCOC1CCCN(C2CCC(N)(C(=O)OC)C2)C1. The summed E-state index contributed by atoms with van der Waals surface area (Å²) in [6.07, 6.45) is 5.05. The van der Waals surface area contributed by atoms with Crippen molar-refractivity contribution in [1.29, 1.82) is 0 Å². The third-order valence-electron chi connectivity index (χ3n) is 4.44. The summed E-state index contributed by atoms with van der Waals surface area (Å²) < 4.78 is 10.6. The molecule has 2 fully saturated rings. The van der Waals surface area contributed by atoms with E-state index in [1.807, 2.05) is 6.92 Å². The van der Waals surface area contributed by atoms with Crippen LogP contribution >= 0.6 is 0 Å². The molecule has 1 aliphatic heterocycles. The fourth-order valence-corrected chi connectivity index (χ4v) is 3.42. The minimum Gasteiger partial charge on any atom is -0.468 e. The van der Waals surface area contributed by atoms with Gasteiger partial charge in [-0.3, -0.25) is 9.69 Å². The maximum Gasteiger partial charge on any atom is 0.325 e. The highest BCUT2D eigenvalue weighted by Crippen LogP contribution is 2.33. The van der Waals surface area contributed by atoms with E-state index >= 15 is 0 Å². The number of nitrogens with two attached hydrogens (primary N) is 1. The molecule has 3 unspecified atom stereocenters. The highest BCUT2D eigenvalue weighted by atomic mass is 16.5. The third-order valence-corrected chi connectivity index (χ3v) is 4.44. The van der Waals surface area contributed by atoms with Gasteiger partial charge in [0, 0.05) is 19.2 Å². The van der Waals surface area contributed by atoms with Crippen LogP contribution in [0.4, 0.5) is 0 Å². The van der Waals surface area contributed by atoms with Crippen molar-refractivity contribution in [2.75, 3.05) is 26.8 Å². The van der Waals surface area contributed by atoms with Crippen molar-refractivity contribution in [2.24, 2.45) is 5.73 Å². The van der Waals surface area contributed by atoms with Gasteiger partial charge < -0.3 is 15.2 Å². The topological polar surface area (TPSA) is 64.8 Å². The summed E-state index contributed by atoms with van der Waals surface area (Å²) in [5, 5.41) is 0. The first-order chi connectivity index (χ1) is 9.09. The van der Waals surface area contributed by atoms with Gasteiger partial charge in [0.25, 0.3) is 0 Å². The lowest BCUT2D eigenvalue weighted by Crippen LogP contribution is -2.50. The standard InChI is InChI=1S/C14H26N2O3/c1-3-19-12-5-4-8-16(10-12)11-6-7-14(15,9-11)13(17)18-2/h11-12H,3-10,15H2,1-2H3. The van der Waals surface area contributed by atoms with Gasteiger partial charge in [-0.05, 0) is 45.6 Å². The van der Waals surface area contributed by atoms with E-state index in [4.69, 9.17) is 15.2 Å². The Bertz CT molecular complexity index is 322. The number of carbonyl (C=O) groups is 1. The summed E-state index contributed by atoms with van der Waals surface area (Å²) in [6, 6.07) is 0.396. The van der Waals surface area contributed by atoms with Gasteiger partial charge in [0.05, 0.1) is 13.2 Å². The molecule has 2 rings (SSSR count). The van der Waals surface area contributed by atoms with Crippen molar-refractivity contribution in [2.45, 2.75) is 56.7 Å². The molecule has 3 atom stereocenters. The molecule has 0 aromatic heterocycles. The molecule has 5 nitrogen and oxygen atoms in total. The first-order valence-electron chi connectivity index (χ1n) is 7.32. The van der Waals surface area contributed by atoms with Crippen LogP contribution in [-0.2, 0) is 14.3 Å². The maximum atomic E-state index is 11.7. The fraction of sp³-hybridized carbons (Fsp3) is 0.929. The summed E-state index contributed by atoms with van der Waals surface area (Å²) in [7, 11) is 1.41. The van der Waals surface area contributed by atoms with Crippen LogP contribution in [0.1, 0.15) is 39.0 Å². The number of hydrogen-bond donors (Lipinski definition) is 1. The van der Waals surface area contributed by atoms with Crippen molar-refractivity contribution >= 4 is 5.97 Å². The maximum absolute atomic E-state index is 11.7. The Morgan fingerprint density at radius 3 is 2.95 bits per heavy atom. The van der Waals surface area contributed by atoms with Crippen molar-refractivity contribution < 1.29 is 14.3 Å². The van der Waals surface area contributed by atoms with Gasteiger partial charge in [-0.1, -0.05) is 0 Å². The Kier molecular flexibility index (Phi) is 4.81. The number of ether oxygens (including phenoxy) is 2. The Labute approximate surface area is 115 Å². The zero-order valence-corrected chi connectivity index (χ0v) is 12.1. The summed E-state index contributed by atoms with van der Waals surface area (Å²) >= 11 is 0. The van der Waals surface area contributed by atoms with E-state index in [0.29, 0.717) is 18.6 Å². The predicted octanol–water partition coefficient (Wildman–Crippen LogP) is 0.910. The van der Waals surface area contributed by atoms with E-state index in [9.17, 15) is 4.79 Å². The van der Waals surface area contributed by atoms with Gasteiger partial charge in [-0.15, -0.1) is 0 Å². The van der Waals surface area contributed by atoms with Crippen molar-refractivity contribution in [3.63, 3.8) is 0 Å². The molecular formula is C14H26N2O3. The minimum absolute atomic E-state index is 0.270. The first kappa shape index (κ1) is 14.8. The Morgan fingerprint density at radius 2 is 2.26 bits per heavy atom. The van der Waals surface area contributed by atoms with E-state index in [-0.39, 0.29) is 5.97 Å². The monoisotopic (exact) mass is 270 g/mol.